The van der Waals surface area contributed by atoms with Crippen LogP contribution in [0.1, 0.15) is 10.4 Å². The van der Waals surface area contributed by atoms with Crippen LogP contribution in [0.25, 0.3) is 0 Å². The lowest BCUT2D eigenvalue weighted by molar-refractivity contribution is -0.118. The van der Waals surface area contributed by atoms with Crippen LogP contribution in [0.4, 0.5) is 5.69 Å². The van der Waals surface area contributed by atoms with E-state index in [9.17, 15) is 14.7 Å². The maximum absolute atomic E-state index is 12.2. The average molecular weight is 315 g/mol. The van der Waals surface area contributed by atoms with Crippen LogP contribution in [0, 0.1) is 0 Å². The Balaban J connectivity index is 2.02. The number of carbonyl (C=O) groups is 2. The smallest absolute Gasteiger partial charge is 0.252 e. The number of pyridine rings is 1. The molecule has 1 aromatic heterocycles. The van der Waals surface area contributed by atoms with E-state index in [0.29, 0.717) is 17.0 Å². The molecular formula is C16H17N3O4. The second-order valence-corrected chi connectivity index (χ2v) is 4.67. The number of aliphatic hydroxyl groups excluding tert-OH is 1. The van der Waals surface area contributed by atoms with Gasteiger partial charge in [0.2, 0.25) is 5.91 Å². The summed E-state index contributed by atoms with van der Waals surface area (Å²) in [6.07, 6.45) is 2.94. The largest absolute Gasteiger partial charge is 0.497 e. The molecule has 1 aromatic carbocycles. The Labute approximate surface area is 133 Å². The van der Waals surface area contributed by atoms with Gasteiger partial charge >= 0.3 is 0 Å². The lowest BCUT2D eigenvalue weighted by Gasteiger charge is -2.16. The number of aromatic nitrogens is 1. The number of carbonyl (C=O) groups excluding carboxylic acids is 2. The van der Waals surface area contributed by atoms with Gasteiger partial charge in [0.15, 0.2) is 0 Å². The Morgan fingerprint density at radius 2 is 2.00 bits per heavy atom. The highest BCUT2D eigenvalue weighted by atomic mass is 16.5. The molecule has 0 bridgehead atoms. The molecule has 1 heterocycles. The lowest BCUT2D eigenvalue weighted by atomic mass is 10.2. The molecule has 0 aliphatic carbocycles. The molecular weight excluding hydrogens is 298 g/mol. The maximum Gasteiger partial charge on any atom is 0.252 e. The summed E-state index contributed by atoms with van der Waals surface area (Å²) in [7, 11) is 1.52. The van der Waals surface area contributed by atoms with Crippen molar-refractivity contribution in [3.63, 3.8) is 0 Å². The third-order valence-corrected chi connectivity index (χ3v) is 3.08. The Hall–Kier alpha value is -2.93. The third-order valence-electron chi connectivity index (χ3n) is 3.08. The quantitative estimate of drug-likeness (QED) is 0.733. The van der Waals surface area contributed by atoms with Crippen LogP contribution in [0.2, 0.25) is 0 Å². The molecule has 120 valence electrons. The van der Waals surface area contributed by atoms with Crippen molar-refractivity contribution in [1.29, 1.82) is 0 Å². The number of anilines is 1. The highest BCUT2D eigenvalue weighted by Gasteiger charge is 2.20. The topological polar surface area (TPSA) is 101 Å². The minimum atomic E-state index is -1.07. The zero-order valence-electron chi connectivity index (χ0n) is 12.5. The summed E-state index contributed by atoms with van der Waals surface area (Å²) in [6.45, 7) is -0.521. The average Bonchev–Trinajstić information content (AvgIpc) is 2.60. The Bertz CT molecular complexity index is 676. The van der Waals surface area contributed by atoms with Gasteiger partial charge in [0.1, 0.15) is 11.8 Å². The predicted molar refractivity (Wildman–Crippen MR) is 84.2 cm³/mol. The van der Waals surface area contributed by atoms with Crippen molar-refractivity contribution in [1.82, 2.24) is 10.3 Å². The van der Waals surface area contributed by atoms with Crippen molar-refractivity contribution in [2.75, 3.05) is 19.0 Å². The predicted octanol–water partition coefficient (Wildman–Crippen LogP) is 0.820. The van der Waals surface area contributed by atoms with E-state index >= 15 is 0 Å². The molecule has 0 spiro atoms. The molecule has 1 atom stereocenters. The van der Waals surface area contributed by atoms with E-state index in [2.05, 4.69) is 15.6 Å². The number of methoxy groups -OCH3 is 1. The van der Waals surface area contributed by atoms with Gasteiger partial charge in [-0.15, -0.1) is 0 Å². The number of hydrogen-bond donors (Lipinski definition) is 3. The molecule has 0 saturated heterocycles. The van der Waals surface area contributed by atoms with Crippen molar-refractivity contribution in [2.45, 2.75) is 6.04 Å². The summed E-state index contributed by atoms with van der Waals surface area (Å²) in [5, 5.41) is 14.4. The van der Waals surface area contributed by atoms with Crippen molar-refractivity contribution in [3.05, 3.63) is 54.4 Å². The fraction of sp³-hybridized carbons (Fsp3) is 0.188. The molecule has 0 aliphatic rings. The van der Waals surface area contributed by atoms with E-state index in [0.717, 1.165) is 0 Å². The van der Waals surface area contributed by atoms with E-state index in [1.54, 1.807) is 24.3 Å². The van der Waals surface area contributed by atoms with Crippen LogP contribution in [-0.4, -0.2) is 41.7 Å². The van der Waals surface area contributed by atoms with E-state index in [-0.39, 0.29) is 0 Å². The fourth-order valence-electron chi connectivity index (χ4n) is 1.87. The van der Waals surface area contributed by atoms with E-state index in [1.165, 1.54) is 31.6 Å². The molecule has 2 rings (SSSR count). The van der Waals surface area contributed by atoms with Gasteiger partial charge in [-0.25, -0.2) is 0 Å². The van der Waals surface area contributed by atoms with Crippen molar-refractivity contribution >= 4 is 17.5 Å². The monoisotopic (exact) mass is 315 g/mol. The van der Waals surface area contributed by atoms with Gasteiger partial charge in [0.25, 0.3) is 5.91 Å². The zero-order valence-corrected chi connectivity index (χ0v) is 12.5. The van der Waals surface area contributed by atoms with Crippen LogP contribution in [-0.2, 0) is 4.79 Å². The number of ether oxygens (including phenoxy) is 1. The standard InChI is InChI=1S/C16H17N3O4/c1-23-13-4-2-3-12(9-13)18-16(22)14(10-20)19-15(21)11-5-7-17-8-6-11/h2-9,14,20H,10H2,1H3,(H,18,22)(H,19,21). The van der Waals surface area contributed by atoms with Gasteiger partial charge < -0.3 is 20.5 Å². The van der Waals surface area contributed by atoms with Gasteiger partial charge in [-0.3, -0.25) is 14.6 Å². The van der Waals surface area contributed by atoms with Crippen LogP contribution in [0.5, 0.6) is 5.75 Å². The summed E-state index contributed by atoms with van der Waals surface area (Å²) >= 11 is 0. The summed E-state index contributed by atoms with van der Waals surface area (Å²) in [5.74, 6) is -0.403. The molecule has 3 N–H and O–H groups in total. The number of benzene rings is 1. The number of amides is 2. The molecule has 7 nitrogen and oxygen atoms in total. The normalized spacial score (nSPS) is 11.4. The molecule has 0 radical (unpaired) electrons. The Morgan fingerprint density at radius 3 is 2.65 bits per heavy atom. The second-order valence-electron chi connectivity index (χ2n) is 4.67. The van der Waals surface area contributed by atoms with Crippen molar-refractivity contribution in [2.24, 2.45) is 0 Å². The van der Waals surface area contributed by atoms with Gasteiger partial charge in [0.05, 0.1) is 13.7 Å². The SMILES string of the molecule is COc1cccc(NC(=O)C(CO)NC(=O)c2ccncc2)c1. The summed E-state index contributed by atoms with van der Waals surface area (Å²) < 4.78 is 5.07. The van der Waals surface area contributed by atoms with Crippen molar-refractivity contribution < 1.29 is 19.4 Å². The summed E-state index contributed by atoms with van der Waals surface area (Å²) in [4.78, 5) is 28.0. The van der Waals surface area contributed by atoms with Gasteiger partial charge in [-0.2, -0.15) is 0 Å². The fourth-order valence-corrected chi connectivity index (χ4v) is 1.87. The maximum atomic E-state index is 12.2. The van der Waals surface area contributed by atoms with E-state index in [4.69, 9.17) is 4.74 Å². The molecule has 2 aromatic rings. The van der Waals surface area contributed by atoms with Crippen molar-refractivity contribution in [3.8, 4) is 5.75 Å². The van der Waals surface area contributed by atoms with Gasteiger partial charge in [0, 0.05) is 29.7 Å². The zero-order chi connectivity index (χ0) is 16.7. The molecule has 1 unspecified atom stereocenters. The van der Waals surface area contributed by atoms with Gasteiger partial charge in [-0.1, -0.05) is 6.07 Å². The minimum absolute atomic E-state index is 0.354. The number of hydrogen-bond acceptors (Lipinski definition) is 5. The van der Waals surface area contributed by atoms with E-state index < -0.39 is 24.5 Å². The highest BCUT2D eigenvalue weighted by molar-refractivity contribution is 6.01. The first kappa shape index (κ1) is 16.4. The van der Waals surface area contributed by atoms with Crippen LogP contribution in [0.3, 0.4) is 0 Å². The summed E-state index contributed by atoms with van der Waals surface area (Å²) in [6, 6.07) is 8.74. The lowest BCUT2D eigenvalue weighted by Crippen LogP contribution is -2.46. The molecule has 0 fully saturated rings. The molecule has 0 saturated carbocycles. The highest BCUT2D eigenvalue weighted by Crippen LogP contribution is 2.16. The minimum Gasteiger partial charge on any atom is -0.497 e. The molecule has 7 heteroatoms. The Kier molecular flexibility index (Phi) is 5.65. The summed E-state index contributed by atoms with van der Waals surface area (Å²) in [5.41, 5.74) is 0.860. The first-order chi connectivity index (χ1) is 11.1. The van der Waals surface area contributed by atoms with E-state index in [1.807, 2.05) is 0 Å². The van der Waals surface area contributed by atoms with Crippen LogP contribution < -0.4 is 15.4 Å². The van der Waals surface area contributed by atoms with Crippen LogP contribution in [0.15, 0.2) is 48.8 Å². The number of nitrogens with zero attached hydrogens (tertiary/aromatic N) is 1. The van der Waals surface area contributed by atoms with Gasteiger partial charge in [-0.05, 0) is 24.3 Å². The molecule has 2 amide bonds. The first-order valence-electron chi connectivity index (χ1n) is 6.90. The number of nitrogens with one attached hydrogen (secondary N) is 2. The molecule has 23 heavy (non-hydrogen) atoms. The second kappa shape index (κ2) is 7.90. The molecule has 0 aliphatic heterocycles. The third kappa shape index (κ3) is 4.52. The van der Waals surface area contributed by atoms with Crippen LogP contribution >= 0.6 is 0 Å². The Morgan fingerprint density at radius 1 is 1.26 bits per heavy atom. The first-order valence-corrected chi connectivity index (χ1v) is 6.90. The number of aliphatic hydroxyl groups is 1. The number of rotatable bonds is 6.